The van der Waals surface area contributed by atoms with Gasteiger partial charge in [-0.15, -0.1) is 11.3 Å². The molecule has 7 nitrogen and oxygen atoms in total. The average Bonchev–Trinajstić information content (AvgIpc) is 3.18. The summed E-state index contributed by atoms with van der Waals surface area (Å²) in [6, 6.07) is 21.4. The molecule has 4 aromatic rings. The van der Waals surface area contributed by atoms with Crippen LogP contribution in [0, 0.1) is 17.0 Å². The maximum absolute atomic E-state index is 13.4. The Morgan fingerprint density at radius 2 is 1.84 bits per heavy atom. The number of nitrogens with zero attached hydrogens (tertiary/aromatic N) is 3. The number of hydrogen-bond acceptors (Lipinski definition) is 6. The van der Waals surface area contributed by atoms with Gasteiger partial charge in [-0.1, -0.05) is 48.5 Å². The number of nitro groups is 1. The second kappa shape index (κ2) is 9.25. The maximum Gasteiger partial charge on any atom is 0.293 e. The van der Waals surface area contributed by atoms with Crippen LogP contribution in [0.1, 0.15) is 22.2 Å². The number of aromatic nitrogens is 1. The Labute approximate surface area is 189 Å². The minimum atomic E-state index is -0.649. The Morgan fingerprint density at radius 3 is 2.56 bits per heavy atom. The molecule has 0 radical (unpaired) electrons. The standard InChI is InChI=1S/C24H22N4O3S/c1-16-12-13-18(20(14-16)28(30)31)26-24(29)23(17-8-4-3-5-9-17)27(2)15-22-25-19-10-6-7-11-21(19)32-22/h3-14,23H,15H2,1-2H3,(H,26,29). The van der Waals surface area contributed by atoms with E-state index < -0.39 is 11.0 Å². The van der Waals surface area contributed by atoms with Crippen LogP contribution in [-0.4, -0.2) is 27.8 Å². The lowest BCUT2D eigenvalue weighted by atomic mass is 10.0. The lowest BCUT2D eigenvalue weighted by Gasteiger charge is -2.27. The van der Waals surface area contributed by atoms with E-state index in [0.29, 0.717) is 6.54 Å². The number of fused-ring (bicyclic) bond motifs is 1. The second-order valence-corrected chi connectivity index (χ2v) is 8.69. The minimum absolute atomic E-state index is 0.126. The number of likely N-dealkylation sites (N-methyl/N-ethyl adjacent to an activating group) is 1. The second-order valence-electron chi connectivity index (χ2n) is 7.57. The van der Waals surface area contributed by atoms with Gasteiger partial charge in [-0.05, 0) is 43.3 Å². The smallest absolute Gasteiger partial charge is 0.293 e. The summed E-state index contributed by atoms with van der Waals surface area (Å²) in [7, 11) is 1.85. The highest BCUT2D eigenvalue weighted by atomic mass is 32.1. The first kappa shape index (κ1) is 21.6. The number of carbonyl (C=O) groups is 1. The fourth-order valence-corrected chi connectivity index (χ4v) is 4.66. The molecule has 0 aliphatic heterocycles. The first-order valence-electron chi connectivity index (χ1n) is 10.1. The van der Waals surface area contributed by atoms with Crippen molar-refractivity contribution in [2.24, 2.45) is 0 Å². The van der Waals surface area contributed by atoms with E-state index in [1.54, 1.807) is 30.4 Å². The Balaban J connectivity index is 1.63. The van der Waals surface area contributed by atoms with Gasteiger partial charge in [0.05, 0.1) is 21.7 Å². The van der Waals surface area contributed by atoms with Gasteiger partial charge in [0.15, 0.2) is 0 Å². The summed E-state index contributed by atoms with van der Waals surface area (Å²) in [4.78, 5) is 31.0. The van der Waals surface area contributed by atoms with Crippen LogP contribution in [0.2, 0.25) is 0 Å². The Hall–Kier alpha value is -3.62. The molecule has 3 aromatic carbocycles. The van der Waals surface area contributed by atoms with E-state index in [4.69, 9.17) is 0 Å². The highest BCUT2D eigenvalue weighted by molar-refractivity contribution is 7.18. The molecule has 1 atom stereocenters. The van der Waals surface area contributed by atoms with Crippen LogP contribution in [0.15, 0.2) is 72.8 Å². The number of nitrogens with one attached hydrogen (secondary N) is 1. The van der Waals surface area contributed by atoms with Crippen LogP contribution in [0.4, 0.5) is 11.4 Å². The van der Waals surface area contributed by atoms with Crippen molar-refractivity contribution in [3.63, 3.8) is 0 Å². The predicted molar refractivity (Wildman–Crippen MR) is 127 cm³/mol. The molecule has 8 heteroatoms. The number of benzene rings is 3. The molecule has 0 bridgehead atoms. The van der Waals surface area contributed by atoms with E-state index >= 15 is 0 Å². The van der Waals surface area contributed by atoms with E-state index in [0.717, 1.165) is 26.4 Å². The predicted octanol–water partition coefficient (Wildman–Crippen LogP) is 5.32. The summed E-state index contributed by atoms with van der Waals surface area (Å²) in [5.74, 6) is -0.341. The zero-order valence-corrected chi connectivity index (χ0v) is 18.5. The molecule has 0 saturated heterocycles. The fourth-order valence-electron chi connectivity index (χ4n) is 3.63. The molecule has 1 heterocycles. The Morgan fingerprint density at radius 1 is 1.12 bits per heavy atom. The van der Waals surface area contributed by atoms with E-state index in [9.17, 15) is 14.9 Å². The number of rotatable bonds is 7. The van der Waals surface area contributed by atoms with Crippen molar-refractivity contribution in [2.45, 2.75) is 19.5 Å². The Kier molecular flexibility index (Phi) is 6.25. The first-order valence-corrected chi connectivity index (χ1v) is 10.9. The zero-order chi connectivity index (χ0) is 22.7. The van der Waals surface area contributed by atoms with Crippen molar-refractivity contribution >= 4 is 38.8 Å². The van der Waals surface area contributed by atoms with Gasteiger partial charge in [-0.25, -0.2) is 4.98 Å². The third-order valence-corrected chi connectivity index (χ3v) is 6.16. The van der Waals surface area contributed by atoms with Crippen LogP contribution >= 0.6 is 11.3 Å². The third kappa shape index (κ3) is 4.66. The summed E-state index contributed by atoms with van der Waals surface area (Å²) in [5.41, 5.74) is 2.53. The molecule has 1 unspecified atom stereocenters. The van der Waals surface area contributed by atoms with Gasteiger partial charge in [0, 0.05) is 6.07 Å². The van der Waals surface area contributed by atoms with Crippen LogP contribution in [0.5, 0.6) is 0 Å². The molecule has 0 aliphatic carbocycles. The van der Waals surface area contributed by atoms with Crippen LogP contribution in [-0.2, 0) is 11.3 Å². The third-order valence-electron chi connectivity index (χ3n) is 5.14. The van der Waals surface area contributed by atoms with Crippen molar-refractivity contribution in [3.05, 3.63) is 99.0 Å². The lowest BCUT2D eigenvalue weighted by molar-refractivity contribution is -0.384. The van der Waals surface area contributed by atoms with E-state index in [2.05, 4.69) is 10.3 Å². The number of aryl methyl sites for hydroxylation is 1. The maximum atomic E-state index is 13.4. The molecule has 0 spiro atoms. The summed E-state index contributed by atoms with van der Waals surface area (Å²) in [6.45, 7) is 2.24. The van der Waals surface area contributed by atoms with Crippen molar-refractivity contribution < 1.29 is 9.72 Å². The molecule has 162 valence electrons. The average molecular weight is 447 g/mol. The van der Waals surface area contributed by atoms with Gasteiger partial charge < -0.3 is 5.32 Å². The van der Waals surface area contributed by atoms with E-state index in [1.165, 1.54) is 6.07 Å². The van der Waals surface area contributed by atoms with Gasteiger partial charge in [0.2, 0.25) is 5.91 Å². The van der Waals surface area contributed by atoms with Crippen molar-refractivity contribution in [2.75, 3.05) is 12.4 Å². The molecule has 4 rings (SSSR count). The quantitative estimate of drug-likeness (QED) is 0.306. The van der Waals surface area contributed by atoms with Crippen molar-refractivity contribution in [1.82, 2.24) is 9.88 Å². The zero-order valence-electron chi connectivity index (χ0n) is 17.7. The number of hydrogen-bond donors (Lipinski definition) is 1. The minimum Gasteiger partial charge on any atom is -0.319 e. The van der Waals surface area contributed by atoms with E-state index in [-0.39, 0.29) is 17.3 Å². The first-order chi connectivity index (χ1) is 15.4. The van der Waals surface area contributed by atoms with Gasteiger partial charge in [-0.2, -0.15) is 0 Å². The molecule has 1 aromatic heterocycles. The van der Waals surface area contributed by atoms with Gasteiger partial charge >= 0.3 is 0 Å². The summed E-state index contributed by atoms with van der Waals surface area (Å²) >= 11 is 1.59. The largest absolute Gasteiger partial charge is 0.319 e. The highest BCUT2D eigenvalue weighted by Gasteiger charge is 2.28. The van der Waals surface area contributed by atoms with Crippen LogP contribution in [0.3, 0.4) is 0 Å². The molecule has 0 saturated carbocycles. The normalized spacial score (nSPS) is 12.1. The summed E-state index contributed by atoms with van der Waals surface area (Å²) in [5, 5.41) is 15.2. The fraction of sp³-hybridized carbons (Fsp3) is 0.167. The molecular formula is C24H22N4O3S. The van der Waals surface area contributed by atoms with Crippen LogP contribution in [0.25, 0.3) is 10.2 Å². The number of nitro benzene ring substituents is 1. The Bertz CT molecular complexity index is 1240. The molecule has 32 heavy (non-hydrogen) atoms. The van der Waals surface area contributed by atoms with Gasteiger partial charge in [0.25, 0.3) is 5.69 Å². The van der Waals surface area contributed by atoms with Gasteiger partial charge in [0.1, 0.15) is 16.7 Å². The summed E-state index contributed by atoms with van der Waals surface area (Å²) < 4.78 is 1.09. The number of anilines is 1. The summed E-state index contributed by atoms with van der Waals surface area (Å²) in [6.07, 6.45) is 0. The van der Waals surface area contributed by atoms with Gasteiger partial charge in [-0.3, -0.25) is 19.8 Å². The number of carbonyl (C=O) groups excluding carboxylic acids is 1. The molecule has 1 amide bonds. The SMILES string of the molecule is Cc1ccc(NC(=O)C(c2ccccc2)N(C)Cc2nc3ccccc3s2)c([N+](=O)[O-])c1. The molecular weight excluding hydrogens is 424 g/mol. The van der Waals surface area contributed by atoms with Crippen LogP contribution < -0.4 is 5.32 Å². The van der Waals surface area contributed by atoms with E-state index in [1.807, 2.05) is 66.5 Å². The highest BCUT2D eigenvalue weighted by Crippen LogP contribution is 2.30. The molecule has 0 fully saturated rings. The van der Waals surface area contributed by atoms with Crippen molar-refractivity contribution in [1.29, 1.82) is 0 Å². The topological polar surface area (TPSA) is 88.4 Å². The van der Waals surface area contributed by atoms with Crippen molar-refractivity contribution in [3.8, 4) is 0 Å². The number of para-hydroxylation sites is 1. The lowest BCUT2D eigenvalue weighted by Crippen LogP contribution is -2.34. The molecule has 0 aliphatic rings. The number of amides is 1. The monoisotopic (exact) mass is 446 g/mol. The molecule has 1 N–H and O–H groups in total. The number of thiazole rings is 1.